The lowest BCUT2D eigenvalue weighted by molar-refractivity contribution is 0.682. The van der Waals surface area contributed by atoms with E-state index in [0.717, 1.165) is 23.5 Å². The number of aromatic nitrogens is 6. The van der Waals surface area contributed by atoms with Crippen LogP contribution in [0.25, 0.3) is 11.4 Å². The Morgan fingerprint density at radius 1 is 1.00 bits per heavy atom. The lowest BCUT2D eigenvalue weighted by Crippen LogP contribution is -2.06. The van der Waals surface area contributed by atoms with Crippen LogP contribution in [0.15, 0.2) is 61.7 Å². The summed E-state index contributed by atoms with van der Waals surface area (Å²) in [6, 6.07) is 8.47. The molecule has 0 radical (unpaired) electrons. The van der Waals surface area contributed by atoms with Gasteiger partial charge in [-0.1, -0.05) is 12.1 Å². The number of rotatable bonds is 5. The summed E-state index contributed by atoms with van der Waals surface area (Å²) in [4.78, 5) is 12.9. The van der Waals surface area contributed by atoms with Crippen molar-refractivity contribution in [3.8, 4) is 11.4 Å². The summed E-state index contributed by atoms with van der Waals surface area (Å²) in [5.41, 5.74) is 5.96. The Balaban J connectivity index is 1.71. The highest BCUT2D eigenvalue weighted by atomic mass is 15.3. The van der Waals surface area contributed by atoms with Crippen LogP contribution in [0.1, 0.15) is 22.3 Å². The van der Waals surface area contributed by atoms with Gasteiger partial charge in [0.15, 0.2) is 0 Å². The molecule has 4 rings (SSSR count). The molecule has 0 aliphatic rings. The summed E-state index contributed by atoms with van der Waals surface area (Å²) >= 11 is 0. The molecule has 130 valence electrons. The molecule has 0 saturated carbocycles. The van der Waals surface area contributed by atoms with Gasteiger partial charge in [-0.05, 0) is 48.2 Å². The van der Waals surface area contributed by atoms with Crippen LogP contribution in [0.4, 0.5) is 0 Å². The van der Waals surface area contributed by atoms with Crippen LogP contribution < -0.4 is 0 Å². The third-order valence-electron chi connectivity index (χ3n) is 4.51. The minimum absolute atomic E-state index is 0.697. The number of benzene rings is 1. The van der Waals surface area contributed by atoms with E-state index in [1.54, 1.807) is 18.9 Å². The fourth-order valence-electron chi connectivity index (χ4n) is 3.17. The lowest BCUT2D eigenvalue weighted by Gasteiger charge is -2.14. The van der Waals surface area contributed by atoms with E-state index in [-0.39, 0.29) is 0 Å². The summed E-state index contributed by atoms with van der Waals surface area (Å²) in [6.07, 6.45) is 10.8. The number of pyridine rings is 1. The van der Waals surface area contributed by atoms with E-state index >= 15 is 0 Å². The van der Waals surface area contributed by atoms with Gasteiger partial charge in [-0.15, -0.1) is 0 Å². The highest BCUT2D eigenvalue weighted by Gasteiger charge is 2.12. The van der Waals surface area contributed by atoms with E-state index in [1.807, 2.05) is 29.3 Å². The number of hydrogen-bond acceptors (Lipinski definition) is 4. The molecule has 1 aromatic carbocycles. The molecule has 6 nitrogen and oxygen atoms in total. The van der Waals surface area contributed by atoms with Crippen molar-refractivity contribution >= 4 is 0 Å². The zero-order chi connectivity index (χ0) is 17.9. The maximum absolute atomic E-state index is 4.62. The summed E-state index contributed by atoms with van der Waals surface area (Å²) in [5.74, 6) is 0.964. The number of nitrogens with zero attached hydrogens (tertiary/aromatic N) is 6. The monoisotopic (exact) mass is 344 g/mol. The third-order valence-corrected chi connectivity index (χ3v) is 4.51. The first kappa shape index (κ1) is 16.2. The molecule has 3 aromatic heterocycles. The van der Waals surface area contributed by atoms with Crippen LogP contribution in [0, 0.1) is 13.8 Å². The number of hydrogen-bond donors (Lipinski definition) is 0. The largest absolute Gasteiger partial charge is 0.326 e. The van der Waals surface area contributed by atoms with E-state index in [2.05, 4.69) is 56.7 Å². The number of aryl methyl sites for hydroxylation is 2. The van der Waals surface area contributed by atoms with E-state index in [4.69, 9.17) is 0 Å². The Kier molecular flexibility index (Phi) is 4.31. The number of imidazole rings is 1. The maximum atomic E-state index is 4.62. The fraction of sp³-hybridized carbons (Fsp3) is 0.200. The highest BCUT2D eigenvalue weighted by Crippen LogP contribution is 2.26. The van der Waals surface area contributed by atoms with Crippen molar-refractivity contribution in [2.45, 2.75) is 26.9 Å². The molecule has 0 amide bonds. The minimum Gasteiger partial charge on any atom is -0.326 e. The molecule has 0 saturated heterocycles. The first-order valence-electron chi connectivity index (χ1n) is 8.53. The van der Waals surface area contributed by atoms with Gasteiger partial charge in [0.05, 0.1) is 13.1 Å². The van der Waals surface area contributed by atoms with E-state index < -0.39 is 0 Å². The zero-order valence-electron chi connectivity index (χ0n) is 14.9. The molecule has 0 atom stereocenters. The molecular formula is C20H20N6. The van der Waals surface area contributed by atoms with Crippen molar-refractivity contribution < 1.29 is 0 Å². The van der Waals surface area contributed by atoms with E-state index in [1.165, 1.54) is 16.7 Å². The van der Waals surface area contributed by atoms with Crippen LogP contribution in [-0.2, 0) is 13.1 Å². The molecule has 4 aromatic rings. The second-order valence-corrected chi connectivity index (χ2v) is 6.43. The van der Waals surface area contributed by atoms with Crippen molar-refractivity contribution in [1.29, 1.82) is 0 Å². The molecule has 26 heavy (non-hydrogen) atoms. The summed E-state index contributed by atoms with van der Waals surface area (Å²) in [5, 5.41) is 4.22. The second kappa shape index (κ2) is 6.92. The zero-order valence-corrected chi connectivity index (χ0v) is 14.9. The summed E-state index contributed by atoms with van der Waals surface area (Å²) in [6.45, 7) is 5.70. The van der Waals surface area contributed by atoms with Crippen molar-refractivity contribution in [3.05, 3.63) is 84.0 Å². The summed E-state index contributed by atoms with van der Waals surface area (Å²) < 4.78 is 4.00. The predicted octanol–water partition coefficient (Wildman–Crippen LogP) is 3.25. The third kappa shape index (κ3) is 3.26. The standard InChI is InChI=1S/C20H20N6/c1-15-8-16(2)19(9-18(15)12-26-14-22-13-24-26)20-23-6-7-25(20)11-17-4-3-5-21-10-17/h3-10,13-14H,11-12H2,1-2H3. The molecule has 3 heterocycles. The van der Waals surface area contributed by atoms with E-state index in [0.29, 0.717) is 6.54 Å². The molecule has 6 heteroatoms. The van der Waals surface area contributed by atoms with E-state index in [9.17, 15) is 0 Å². The molecule has 0 spiro atoms. The highest BCUT2D eigenvalue weighted by molar-refractivity contribution is 5.63. The Morgan fingerprint density at radius 2 is 1.92 bits per heavy atom. The van der Waals surface area contributed by atoms with Gasteiger partial charge in [-0.3, -0.25) is 4.98 Å². The van der Waals surface area contributed by atoms with Gasteiger partial charge in [0.2, 0.25) is 0 Å². The maximum Gasteiger partial charge on any atom is 0.140 e. The SMILES string of the molecule is Cc1cc(C)c(-c2nccn2Cc2cccnc2)cc1Cn1cncn1. The Bertz CT molecular complexity index is 1000. The van der Waals surface area contributed by atoms with Gasteiger partial charge in [-0.25, -0.2) is 14.6 Å². The normalized spacial score (nSPS) is 11.0. The topological polar surface area (TPSA) is 61.4 Å². The Labute approximate surface area is 152 Å². The molecule has 0 fully saturated rings. The van der Waals surface area contributed by atoms with Crippen molar-refractivity contribution in [2.24, 2.45) is 0 Å². The van der Waals surface area contributed by atoms with Crippen LogP contribution >= 0.6 is 0 Å². The molecule has 0 unspecified atom stereocenters. The van der Waals surface area contributed by atoms with Crippen molar-refractivity contribution in [1.82, 2.24) is 29.3 Å². The van der Waals surface area contributed by atoms with Gasteiger partial charge < -0.3 is 4.57 Å². The van der Waals surface area contributed by atoms with Gasteiger partial charge in [0, 0.05) is 30.4 Å². The average Bonchev–Trinajstić information content (AvgIpc) is 3.30. The smallest absolute Gasteiger partial charge is 0.140 e. The van der Waals surface area contributed by atoms with Gasteiger partial charge >= 0.3 is 0 Å². The molecule has 0 bridgehead atoms. The van der Waals surface area contributed by atoms with Gasteiger partial charge in [-0.2, -0.15) is 5.10 Å². The summed E-state index contributed by atoms with van der Waals surface area (Å²) in [7, 11) is 0. The Hall–Kier alpha value is -3.28. The average molecular weight is 344 g/mol. The molecular weight excluding hydrogens is 324 g/mol. The van der Waals surface area contributed by atoms with Crippen molar-refractivity contribution in [3.63, 3.8) is 0 Å². The lowest BCUT2D eigenvalue weighted by atomic mass is 9.99. The first-order chi connectivity index (χ1) is 12.7. The van der Waals surface area contributed by atoms with Crippen LogP contribution in [0.2, 0.25) is 0 Å². The molecule has 0 aliphatic heterocycles. The van der Waals surface area contributed by atoms with Crippen molar-refractivity contribution in [2.75, 3.05) is 0 Å². The molecule has 0 aliphatic carbocycles. The minimum atomic E-state index is 0.697. The first-order valence-corrected chi connectivity index (χ1v) is 8.53. The fourth-order valence-corrected chi connectivity index (χ4v) is 3.17. The van der Waals surface area contributed by atoms with Crippen LogP contribution in [0.3, 0.4) is 0 Å². The predicted molar refractivity (Wildman–Crippen MR) is 99.6 cm³/mol. The molecule has 0 N–H and O–H groups in total. The van der Waals surface area contributed by atoms with Crippen LogP contribution in [-0.4, -0.2) is 29.3 Å². The van der Waals surface area contributed by atoms with Crippen LogP contribution in [0.5, 0.6) is 0 Å². The second-order valence-electron chi connectivity index (χ2n) is 6.43. The van der Waals surface area contributed by atoms with Gasteiger partial charge in [0.25, 0.3) is 0 Å². The Morgan fingerprint density at radius 3 is 2.69 bits per heavy atom. The quantitative estimate of drug-likeness (QED) is 0.557. The van der Waals surface area contributed by atoms with Gasteiger partial charge in [0.1, 0.15) is 18.5 Å².